The second-order valence-corrected chi connectivity index (χ2v) is 7.71. The van der Waals surface area contributed by atoms with Gasteiger partial charge in [0.25, 0.3) is 0 Å². The largest absolute Gasteiger partial charge is 0.313 e. The molecular weight excluding hydrogens is 226 g/mol. The highest BCUT2D eigenvalue weighted by molar-refractivity contribution is 8.00. The van der Waals surface area contributed by atoms with Gasteiger partial charge in [-0.3, -0.25) is 4.21 Å². The minimum Gasteiger partial charge on any atom is -0.313 e. The topological polar surface area (TPSA) is 29.1 Å². The summed E-state index contributed by atoms with van der Waals surface area (Å²) >= 11 is 2.03. The Kier molecular flexibility index (Phi) is 4.13. The van der Waals surface area contributed by atoms with Crippen LogP contribution >= 0.6 is 11.8 Å². The van der Waals surface area contributed by atoms with E-state index in [2.05, 4.69) is 11.6 Å². The van der Waals surface area contributed by atoms with Gasteiger partial charge in [0.2, 0.25) is 0 Å². The maximum atomic E-state index is 11.2. The fourth-order valence-electron chi connectivity index (χ4n) is 2.35. The van der Waals surface area contributed by atoms with Crippen molar-refractivity contribution in [1.82, 2.24) is 5.32 Å². The van der Waals surface area contributed by atoms with Crippen LogP contribution < -0.4 is 5.32 Å². The molecule has 1 aliphatic carbocycles. The Morgan fingerprint density at radius 1 is 1.40 bits per heavy atom. The van der Waals surface area contributed by atoms with Crippen molar-refractivity contribution >= 4 is 22.6 Å². The number of hydrogen-bond donors (Lipinski definition) is 1. The molecule has 15 heavy (non-hydrogen) atoms. The first-order valence-electron chi connectivity index (χ1n) is 5.88. The molecule has 2 aliphatic rings. The van der Waals surface area contributed by atoms with Crippen molar-refractivity contribution in [3.05, 3.63) is 0 Å². The van der Waals surface area contributed by atoms with E-state index in [1.165, 1.54) is 19.3 Å². The first kappa shape index (κ1) is 11.9. The molecule has 0 atom stereocenters. The summed E-state index contributed by atoms with van der Waals surface area (Å²) in [5, 5.41) is 3.68. The van der Waals surface area contributed by atoms with E-state index in [1.807, 2.05) is 11.8 Å². The molecule has 2 nitrogen and oxygen atoms in total. The fraction of sp³-hybridized carbons (Fsp3) is 1.00. The average Bonchev–Trinajstić information content (AvgIpc) is 2.20. The normalized spacial score (nSPS) is 34.7. The van der Waals surface area contributed by atoms with Gasteiger partial charge in [-0.1, -0.05) is 6.42 Å². The quantitative estimate of drug-likeness (QED) is 0.821. The Morgan fingerprint density at radius 3 is 2.53 bits per heavy atom. The lowest BCUT2D eigenvalue weighted by molar-refractivity contribution is 0.323. The van der Waals surface area contributed by atoms with E-state index in [4.69, 9.17) is 0 Å². The Morgan fingerprint density at radius 2 is 2.07 bits per heavy atom. The highest BCUT2D eigenvalue weighted by atomic mass is 32.2. The van der Waals surface area contributed by atoms with Crippen molar-refractivity contribution in [3.8, 4) is 0 Å². The van der Waals surface area contributed by atoms with Gasteiger partial charge in [0.05, 0.1) is 0 Å². The molecule has 1 heterocycles. The molecule has 0 aromatic carbocycles. The zero-order valence-corrected chi connectivity index (χ0v) is 11.1. The van der Waals surface area contributed by atoms with Crippen molar-refractivity contribution < 1.29 is 4.21 Å². The molecular formula is C11H21NOS2. The number of thioether (sulfide) groups is 1. The molecule has 0 bridgehead atoms. The first-order valence-corrected chi connectivity index (χ1v) is 8.59. The molecule has 0 aromatic heterocycles. The van der Waals surface area contributed by atoms with Crippen LogP contribution in [-0.2, 0) is 10.8 Å². The summed E-state index contributed by atoms with van der Waals surface area (Å²) in [6.07, 6.45) is 8.60. The van der Waals surface area contributed by atoms with Gasteiger partial charge in [0.1, 0.15) is 0 Å². The van der Waals surface area contributed by atoms with E-state index < -0.39 is 10.8 Å². The van der Waals surface area contributed by atoms with Crippen LogP contribution in [-0.4, -0.2) is 39.3 Å². The highest BCUT2D eigenvalue weighted by Crippen LogP contribution is 2.42. The molecule has 1 saturated carbocycles. The third kappa shape index (κ3) is 2.98. The minimum absolute atomic E-state index is 0.520. The van der Waals surface area contributed by atoms with Gasteiger partial charge in [-0.25, -0.2) is 0 Å². The van der Waals surface area contributed by atoms with Gasteiger partial charge in [-0.15, -0.1) is 0 Å². The zero-order chi connectivity index (χ0) is 10.7. The first-order chi connectivity index (χ1) is 7.24. The van der Waals surface area contributed by atoms with E-state index in [9.17, 15) is 4.21 Å². The van der Waals surface area contributed by atoms with E-state index in [0.717, 1.165) is 30.9 Å². The molecule has 4 heteroatoms. The molecule has 1 saturated heterocycles. The Hall–Kier alpha value is 0.460. The maximum absolute atomic E-state index is 11.2. The van der Waals surface area contributed by atoms with Crippen LogP contribution in [0.4, 0.5) is 0 Å². The summed E-state index contributed by atoms with van der Waals surface area (Å²) in [5.74, 6) is 1.81. The lowest BCUT2D eigenvalue weighted by Crippen LogP contribution is -2.48. The Balaban J connectivity index is 1.71. The summed E-state index contributed by atoms with van der Waals surface area (Å²) in [6.45, 7) is 1.16. The number of rotatable bonds is 4. The molecule has 2 fully saturated rings. The van der Waals surface area contributed by atoms with Gasteiger partial charge < -0.3 is 5.32 Å². The van der Waals surface area contributed by atoms with Crippen molar-refractivity contribution in [2.24, 2.45) is 0 Å². The molecule has 0 aromatic rings. The molecule has 1 N–H and O–H groups in total. The van der Waals surface area contributed by atoms with Crippen LogP contribution in [0, 0.1) is 0 Å². The van der Waals surface area contributed by atoms with Crippen LogP contribution in [0.2, 0.25) is 0 Å². The van der Waals surface area contributed by atoms with E-state index in [-0.39, 0.29) is 0 Å². The third-order valence-corrected chi connectivity index (χ3v) is 6.60. The monoisotopic (exact) mass is 247 g/mol. The second-order valence-electron chi connectivity index (χ2n) is 4.74. The standard InChI is InChI=1S/C11H21NOS2/c1-14-11(5-2-6-11)9-12-10-3-7-15(13)8-4-10/h10,12H,2-9H2,1H3. The van der Waals surface area contributed by atoms with Crippen LogP contribution in [0.1, 0.15) is 32.1 Å². The Labute approximate surface area is 99.4 Å². The number of hydrogen-bond acceptors (Lipinski definition) is 3. The van der Waals surface area contributed by atoms with E-state index >= 15 is 0 Å². The molecule has 2 rings (SSSR count). The summed E-state index contributed by atoms with van der Waals surface area (Å²) in [5.41, 5.74) is 0. The summed E-state index contributed by atoms with van der Waals surface area (Å²) in [4.78, 5) is 0. The molecule has 88 valence electrons. The van der Waals surface area contributed by atoms with Crippen LogP contribution in [0.5, 0.6) is 0 Å². The molecule has 1 aliphatic heterocycles. The second kappa shape index (κ2) is 5.19. The zero-order valence-electron chi connectivity index (χ0n) is 9.46. The maximum Gasteiger partial charge on any atom is 0.0281 e. The molecule has 0 spiro atoms. The SMILES string of the molecule is CSC1(CNC2CCS(=O)CC2)CCC1. The van der Waals surface area contributed by atoms with E-state index in [0.29, 0.717) is 10.8 Å². The van der Waals surface area contributed by atoms with Crippen LogP contribution in [0.25, 0.3) is 0 Å². The van der Waals surface area contributed by atoms with E-state index in [1.54, 1.807) is 0 Å². The van der Waals surface area contributed by atoms with Gasteiger partial charge >= 0.3 is 0 Å². The predicted molar refractivity (Wildman–Crippen MR) is 69.0 cm³/mol. The van der Waals surface area contributed by atoms with Crippen molar-refractivity contribution in [3.63, 3.8) is 0 Å². The molecule has 0 amide bonds. The average molecular weight is 247 g/mol. The lowest BCUT2D eigenvalue weighted by Gasteiger charge is -2.42. The summed E-state index contributed by atoms with van der Waals surface area (Å²) in [6, 6.07) is 0.632. The van der Waals surface area contributed by atoms with Gasteiger partial charge in [-0.2, -0.15) is 11.8 Å². The Bertz CT molecular complexity index is 225. The highest BCUT2D eigenvalue weighted by Gasteiger charge is 2.36. The number of nitrogens with one attached hydrogen (secondary N) is 1. The minimum atomic E-state index is -0.520. The van der Waals surface area contributed by atoms with Crippen molar-refractivity contribution in [2.75, 3.05) is 24.3 Å². The van der Waals surface area contributed by atoms with Crippen molar-refractivity contribution in [1.29, 1.82) is 0 Å². The predicted octanol–water partition coefficient (Wildman–Crippen LogP) is 1.77. The third-order valence-electron chi connectivity index (χ3n) is 3.80. The smallest absolute Gasteiger partial charge is 0.0281 e. The fourth-order valence-corrected chi connectivity index (χ4v) is 4.58. The van der Waals surface area contributed by atoms with Crippen molar-refractivity contribution in [2.45, 2.75) is 42.9 Å². The summed E-state index contributed by atoms with van der Waals surface area (Å²) in [7, 11) is -0.520. The summed E-state index contributed by atoms with van der Waals surface area (Å²) < 4.78 is 11.8. The van der Waals surface area contributed by atoms with Gasteiger partial charge in [0.15, 0.2) is 0 Å². The van der Waals surface area contributed by atoms with Crippen LogP contribution in [0.3, 0.4) is 0 Å². The van der Waals surface area contributed by atoms with Gasteiger partial charge in [-0.05, 0) is 31.9 Å². The lowest BCUT2D eigenvalue weighted by atomic mass is 9.84. The molecule has 0 unspecified atom stereocenters. The van der Waals surface area contributed by atoms with Gasteiger partial charge in [0, 0.05) is 39.6 Å². The molecule has 0 radical (unpaired) electrons. The van der Waals surface area contributed by atoms with Crippen LogP contribution in [0.15, 0.2) is 0 Å².